The van der Waals surface area contributed by atoms with Gasteiger partial charge in [0.1, 0.15) is 12.2 Å². The molecule has 0 aromatic heterocycles. The maximum atomic E-state index is 11.4. The number of carbonyl (C=O) groups is 2. The summed E-state index contributed by atoms with van der Waals surface area (Å²) in [5, 5.41) is 0.573. The van der Waals surface area contributed by atoms with Gasteiger partial charge in [0, 0.05) is 10.9 Å². The lowest BCUT2D eigenvalue weighted by Crippen LogP contribution is -2.30. The van der Waals surface area contributed by atoms with Crippen molar-refractivity contribution < 1.29 is 23.8 Å². The van der Waals surface area contributed by atoms with E-state index in [1.807, 2.05) is 13.8 Å². The van der Waals surface area contributed by atoms with Gasteiger partial charge in [-0.25, -0.2) is 4.79 Å². The average Bonchev–Trinajstić information content (AvgIpc) is 2.32. The molecule has 0 aliphatic rings. The Morgan fingerprint density at radius 2 is 1.84 bits per heavy atom. The molecule has 19 heavy (non-hydrogen) atoms. The van der Waals surface area contributed by atoms with E-state index in [1.54, 1.807) is 6.92 Å². The van der Waals surface area contributed by atoms with Crippen LogP contribution < -0.4 is 0 Å². The molecule has 0 aromatic carbocycles. The first kappa shape index (κ1) is 18.1. The monoisotopic (exact) mass is 336 g/mol. The fourth-order valence-electron chi connectivity index (χ4n) is 0.961. The third-order valence-corrected chi connectivity index (χ3v) is 3.32. The Morgan fingerprint density at radius 3 is 2.37 bits per heavy atom. The quantitative estimate of drug-likeness (QED) is 0.279. The first-order valence-electron chi connectivity index (χ1n) is 5.96. The van der Waals surface area contributed by atoms with Crippen LogP contribution in [0.2, 0.25) is 0 Å². The predicted molar refractivity (Wildman–Crippen MR) is 75.2 cm³/mol. The van der Waals surface area contributed by atoms with Gasteiger partial charge in [-0.05, 0) is 20.8 Å². The molecule has 0 N–H and O–H groups in total. The lowest BCUT2D eigenvalue weighted by molar-refractivity contribution is -0.156. The zero-order chi connectivity index (χ0) is 14.9. The third-order valence-electron chi connectivity index (χ3n) is 1.97. The van der Waals surface area contributed by atoms with E-state index in [-0.39, 0.29) is 32.2 Å². The SMILES string of the molecule is C=C(C)C(=O)OCCOCCC(=O)OC(C)(C)CBr. The Hall–Kier alpha value is -0.880. The van der Waals surface area contributed by atoms with Crippen molar-refractivity contribution in [3.05, 3.63) is 12.2 Å². The Kier molecular flexibility index (Phi) is 8.67. The van der Waals surface area contributed by atoms with Gasteiger partial charge in [0.15, 0.2) is 0 Å². The number of esters is 2. The standard InChI is InChI=1S/C13H21BrO5/c1-10(2)12(16)18-8-7-17-6-5-11(15)19-13(3,4)9-14/h1,5-9H2,2-4H3. The van der Waals surface area contributed by atoms with E-state index in [0.29, 0.717) is 10.9 Å². The van der Waals surface area contributed by atoms with E-state index in [2.05, 4.69) is 22.5 Å². The van der Waals surface area contributed by atoms with Crippen molar-refractivity contribution >= 4 is 27.9 Å². The van der Waals surface area contributed by atoms with Gasteiger partial charge in [0.2, 0.25) is 0 Å². The Morgan fingerprint density at radius 1 is 1.21 bits per heavy atom. The number of rotatable bonds is 9. The summed E-state index contributed by atoms with van der Waals surface area (Å²) in [4.78, 5) is 22.4. The topological polar surface area (TPSA) is 61.8 Å². The van der Waals surface area contributed by atoms with Crippen LogP contribution in [0.5, 0.6) is 0 Å². The van der Waals surface area contributed by atoms with Crippen molar-refractivity contribution in [2.75, 3.05) is 25.2 Å². The maximum absolute atomic E-state index is 11.4. The number of halogens is 1. The van der Waals surface area contributed by atoms with Crippen LogP contribution in [-0.2, 0) is 23.8 Å². The molecular formula is C13H21BrO5. The zero-order valence-electron chi connectivity index (χ0n) is 11.7. The zero-order valence-corrected chi connectivity index (χ0v) is 13.2. The molecular weight excluding hydrogens is 316 g/mol. The summed E-state index contributed by atoms with van der Waals surface area (Å²) in [6, 6.07) is 0. The number of ether oxygens (including phenoxy) is 3. The van der Waals surface area contributed by atoms with Gasteiger partial charge >= 0.3 is 11.9 Å². The van der Waals surface area contributed by atoms with E-state index in [1.165, 1.54) is 0 Å². The maximum Gasteiger partial charge on any atom is 0.333 e. The van der Waals surface area contributed by atoms with E-state index in [9.17, 15) is 9.59 Å². The van der Waals surface area contributed by atoms with E-state index < -0.39 is 11.6 Å². The molecule has 110 valence electrons. The normalized spacial score (nSPS) is 10.9. The molecule has 0 heterocycles. The molecule has 0 unspecified atom stereocenters. The van der Waals surface area contributed by atoms with Crippen molar-refractivity contribution in [2.45, 2.75) is 32.8 Å². The van der Waals surface area contributed by atoms with Gasteiger partial charge in [-0.15, -0.1) is 0 Å². The van der Waals surface area contributed by atoms with Crippen LogP contribution in [0.1, 0.15) is 27.2 Å². The van der Waals surface area contributed by atoms with Crippen molar-refractivity contribution in [1.29, 1.82) is 0 Å². The smallest absolute Gasteiger partial charge is 0.333 e. The summed E-state index contributed by atoms with van der Waals surface area (Å²) in [6.07, 6.45) is 0.171. The van der Waals surface area contributed by atoms with Crippen LogP contribution in [0.3, 0.4) is 0 Å². The largest absolute Gasteiger partial charge is 0.460 e. The molecule has 0 radical (unpaired) electrons. The van der Waals surface area contributed by atoms with E-state index >= 15 is 0 Å². The summed E-state index contributed by atoms with van der Waals surface area (Å²) < 4.78 is 15.2. The van der Waals surface area contributed by atoms with Gasteiger partial charge < -0.3 is 14.2 Å². The molecule has 0 bridgehead atoms. The summed E-state index contributed by atoms with van der Waals surface area (Å²) in [5.41, 5.74) is -0.172. The van der Waals surface area contributed by atoms with Crippen LogP contribution in [-0.4, -0.2) is 42.7 Å². The molecule has 0 atom stereocenters. The highest BCUT2D eigenvalue weighted by Gasteiger charge is 2.20. The predicted octanol–water partition coefficient (Wildman–Crippen LogP) is 2.23. The van der Waals surface area contributed by atoms with Crippen LogP contribution in [0.25, 0.3) is 0 Å². The summed E-state index contributed by atoms with van der Waals surface area (Å²) >= 11 is 3.26. The first-order valence-corrected chi connectivity index (χ1v) is 7.09. The molecule has 0 aliphatic carbocycles. The minimum Gasteiger partial charge on any atom is -0.460 e. The number of hydrogen-bond acceptors (Lipinski definition) is 5. The van der Waals surface area contributed by atoms with Crippen molar-refractivity contribution in [3.63, 3.8) is 0 Å². The van der Waals surface area contributed by atoms with Crippen LogP contribution in [0.4, 0.5) is 0 Å². The minimum absolute atomic E-state index is 0.146. The molecule has 0 amide bonds. The highest BCUT2D eigenvalue weighted by atomic mass is 79.9. The van der Waals surface area contributed by atoms with E-state index in [4.69, 9.17) is 14.2 Å². The van der Waals surface area contributed by atoms with Crippen LogP contribution in [0.15, 0.2) is 12.2 Å². The van der Waals surface area contributed by atoms with Gasteiger partial charge in [0.05, 0.1) is 19.6 Å². The van der Waals surface area contributed by atoms with Gasteiger partial charge in [-0.3, -0.25) is 4.79 Å². The lowest BCUT2D eigenvalue weighted by atomic mass is 10.2. The molecule has 0 aliphatic heterocycles. The highest BCUT2D eigenvalue weighted by molar-refractivity contribution is 9.09. The number of alkyl halides is 1. The molecule has 0 rings (SSSR count). The number of hydrogen-bond donors (Lipinski definition) is 0. The fourth-order valence-corrected chi connectivity index (χ4v) is 1.07. The van der Waals surface area contributed by atoms with Crippen molar-refractivity contribution in [2.24, 2.45) is 0 Å². The van der Waals surface area contributed by atoms with Gasteiger partial charge in [-0.1, -0.05) is 22.5 Å². The summed E-state index contributed by atoms with van der Waals surface area (Å²) in [5.74, 6) is -0.759. The molecule has 0 saturated carbocycles. The van der Waals surface area contributed by atoms with Crippen LogP contribution >= 0.6 is 15.9 Å². The average molecular weight is 337 g/mol. The second-order valence-corrected chi connectivity index (χ2v) is 5.21. The molecule has 6 heteroatoms. The second kappa shape index (κ2) is 9.09. The molecule has 0 aromatic rings. The van der Waals surface area contributed by atoms with E-state index in [0.717, 1.165) is 0 Å². The van der Waals surface area contributed by atoms with Crippen LogP contribution in [0, 0.1) is 0 Å². The Labute approximate surface area is 122 Å². The lowest BCUT2D eigenvalue weighted by Gasteiger charge is -2.22. The fraction of sp³-hybridized carbons (Fsp3) is 0.692. The summed E-state index contributed by atoms with van der Waals surface area (Å²) in [7, 11) is 0. The van der Waals surface area contributed by atoms with Crippen molar-refractivity contribution in [1.82, 2.24) is 0 Å². The minimum atomic E-state index is -0.520. The molecule has 0 spiro atoms. The third kappa shape index (κ3) is 9.67. The van der Waals surface area contributed by atoms with Gasteiger partial charge in [-0.2, -0.15) is 0 Å². The van der Waals surface area contributed by atoms with Crippen molar-refractivity contribution in [3.8, 4) is 0 Å². The highest BCUT2D eigenvalue weighted by Crippen LogP contribution is 2.13. The Bertz CT molecular complexity index is 325. The van der Waals surface area contributed by atoms with Gasteiger partial charge in [0.25, 0.3) is 0 Å². The molecule has 0 fully saturated rings. The molecule has 5 nitrogen and oxygen atoms in total. The second-order valence-electron chi connectivity index (χ2n) is 4.65. The molecule has 0 saturated heterocycles. The Balaban J connectivity index is 3.57. The number of carbonyl (C=O) groups excluding carboxylic acids is 2. The summed E-state index contributed by atoms with van der Waals surface area (Å²) in [6.45, 7) is 9.29. The first-order chi connectivity index (χ1) is 8.78.